The first-order chi connectivity index (χ1) is 14.9. The predicted octanol–water partition coefficient (Wildman–Crippen LogP) is 3.45. The average molecular weight is 418 g/mol. The zero-order chi connectivity index (χ0) is 21.7. The van der Waals surface area contributed by atoms with Crippen molar-refractivity contribution in [2.45, 2.75) is 38.1 Å². The van der Waals surface area contributed by atoms with Crippen molar-refractivity contribution in [3.8, 4) is 11.4 Å². The van der Waals surface area contributed by atoms with Crippen molar-refractivity contribution in [3.63, 3.8) is 0 Å². The lowest BCUT2D eigenvalue weighted by Crippen LogP contribution is -2.27. The van der Waals surface area contributed by atoms with E-state index in [-0.39, 0.29) is 22.7 Å². The lowest BCUT2D eigenvalue weighted by molar-refractivity contribution is 0.0697. The number of aromatic amines is 1. The highest BCUT2D eigenvalue weighted by Gasteiger charge is 2.23. The second kappa shape index (κ2) is 7.23. The molecule has 1 saturated carbocycles. The molecule has 1 aliphatic carbocycles. The van der Waals surface area contributed by atoms with Crippen LogP contribution in [0, 0.1) is 0 Å². The number of hydrogen-bond acceptors (Lipinski definition) is 4. The Balaban J connectivity index is 1.77. The molecule has 0 radical (unpaired) electrons. The minimum Gasteiger partial charge on any atom is -0.478 e. The van der Waals surface area contributed by atoms with E-state index >= 15 is 0 Å². The van der Waals surface area contributed by atoms with Crippen LogP contribution < -0.4 is 11.1 Å². The van der Waals surface area contributed by atoms with Crippen molar-refractivity contribution in [2.24, 2.45) is 7.05 Å². The molecule has 0 amide bonds. The van der Waals surface area contributed by atoms with Gasteiger partial charge >= 0.3 is 5.97 Å². The first-order valence-corrected chi connectivity index (χ1v) is 10.4. The molecule has 2 N–H and O–H groups in total. The Morgan fingerprint density at radius 1 is 1.06 bits per heavy atom. The number of fused-ring (bicyclic) bond motifs is 2. The minimum absolute atomic E-state index is 0.186. The van der Waals surface area contributed by atoms with Gasteiger partial charge in [-0.05, 0) is 43.2 Å². The van der Waals surface area contributed by atoms with Crippen LogP contribution in [0.1, 0.15) is 48.5 Å². The molecular formula is C23H22N4O4. The molecule has 1 fully saturated rings. The second-order valence-electron chi connectivity index (χ2n) is 8.17. The van der Waals surface area contributed by atoms with Crippen molar-refractivity contribution >= 4 is 27.8 Å². The Labute approximate surface area is 176 Å². The van der Waals surface area contributed by atoms with E-state index in [2.05, 4.69) is 9.67 Å². The number of benzene rings is 2. The Morgan fingerprint density at radius 2 is 1.84 bits per heavy atom. The van der Waals surface area contributed by atoms with Crippen molar-refractivity contribution < 1.29 is 9.90 Å². The van der Waals surface area contributed by atoms with Gasteiger partial charge in [-0.25, -0.2) is 9.78 Å². The Morgan fingerprint density at radius 3 is 2.58 bits per heavy atom. The van der Waals surface area contributed by atoms with Gasteiger partial charge in [-0.3, -0.25) is 19.4 Å². The van der Waals surface area contributed by atoms with Crippen LogP contribution in [0.5, 0.6) is 0 Å². The topological polar surface area (TPSA) is 110 Å². The summed E-state index contributed by atoms with van der Waals surface area (Å²) in [6, 6.07) is 10.4. The van der Waals surface area contributed by atoms with E-state index in [0.29, 0.717) is 22.1 Å². The molecule has 0 atom stereocenters. The fourth-order valence-electron chi connectivity index (χ4n) is 4.65. The minimum atomic E-state index is -0.997. The predicted molar refractivity (Wildman–Crippen MR) is 118 cm³/mol. The molecule has 5 rings (SSSR count). The number of H-pyrrole nitrogens is 1. The Bertz CT molecular complexity index is 1450. The Hall–Kier alpha value is -3.68. The number of carboxylic acids is 1. The number of aromatic carboxylic acids is 1. The number of carbonyl (C=O) groups is 1. The summed E-state index contributed by atoms with van der Waals surface area (Å²) in [6.07, 6.45) is 5.51. The van der Waals surface area contributed by atoms with Gasteiger partial charge in [0.05, 0.1) is 27.4 Å². The largest absolute Gasteiger partial charge is 0.478 e. The summed E-state index contributed by atoms with van der Waals surface area (Å²) in [5.74, 6) is -0.310. The van der Waals surface area contributed by atoms with E-state index in [9.17, 15) is 19.5 Å². The van der Waals surface area contributed by atoms with Crippen LogP contribution >= 0.6 is 0 Å². The maximum absolute atomic E-state index is 12.5. The highest BCUT2D eigenvalue weighted by molar-refractivity contribution is 5.94. The number of aromatic nitrogens is 4. The molecular weight excluding hydrogens is 396 g/mol. The number of imidazole rings is 1. The van der Waals surface area contributed by atoms with Crippen LogP contribution in [0.25, 0.3) is 33.2 Å². The third kappa shape index (κ3) is 3.15. The third-order valence-corrected chi connectivity index (χ3v) is 6.20. The number of hydrogen-bond donors (Lipinski definition) is 2. The van der Waals surface area contributed by atoms with E-state index in [1.807, 2.05) is 12.1 Å². The van der Waals surface area contributed by atoms with Crippen molar-refractivity contribution in [3.05, 3.63) is 62.7 Å². The normalized spacial score (nSPS) is 15.0. The van der Waals surface area contributed by atoms with E-state index in [1.54, 1.807) is 24.3 Å². The van der Waals surface area contributed by atoms with Gasteiger partial charge in [0, 0.05) is 18.7 Å². The van der Waals surface area contributed by atoms with E-state index in [0.717, 1.165) is 36.8 Å². The van der Waals surface area contributed by atoms with Gasteiger partial charge in [0.1, 0.15) is 5.82 Å². The zero-order valence-corrected chi connectivity index (χ0v) is 17.1. The van der Waals surface area contributed by atoms with Crippen LogP contribution in [-0.4, -0.2) is 30.4 Å². The summed E-state index contributed by atoms with van der Waals surface area (Å²) in [5.41, 5.74) is 1.79. The molecule has 4 aromatic rings. The van der Waals surface area contributed by atoms with Crippen LogP contribution in [-0.2, 0) is 7.05 Å². The lowest BCUT2D eigenvalue weighted by atomic mass is 9.94. The summed E-state index contributed by atoms with van der Waals surface area (Å²) in [6.45, 7) is 0. The quantitative estimate of drug-likeness (QED) is 0.530. The van der Waals surface area contributed by atoms with Gasteiger partial charge in [-0.1, -0.05) is 25.3 Å². The number of aryl methyl sites for hydroxylation is 1. The van der Waals surface area contributed by atoms with Crippen molar-refractivity contribution in [1.29, 1.82) is 0 Å². The lowest BCUT2D eigenvalue weighted by Gasteiger charge is -2.25. The molecule has 0 bridgehead atoms. The zero-order valence-electron chi connectivity index (χ0n) is 17.1. The third-order valence-electron chi connectivity index (χ3n) is 6.20. The van der Waals surface area contributed by atoms with Crippen LogP contribution in [0.15, 0.2) is 46.0 Å². The smallest absolute Gasteiger partial charge is 0.335 e. The summed E-state index contributed by atoms with van der Waals surface area (Å²) >= 11 is 0. The summed E-state index contributed by atoms with van der Waals surface area (Å²) < 4.78 is 3.35. The molecule has 8 heteroatoms. The number of nitrogens with zero attached hydrogens (tertiary/aromatic N) is 3. The Kier molecular flexibility index (Phi) is 4.50. The molecule has 8 nitrogen and oxygen atoms in total. The summed E-state index contributed by atoms with van der Waals surface area (Å²) in [5, 5.41) is 12.6. The second-order valence-corrected chi connectivity index (χ2v) is 8.17. The van der Waals surface area contributed by atoms with E-state index in [4.69, 9.17) is 4.98 Å². The molecule has 2 aromatic heterocycles. The van der Waals surface area contributed by atoms with Crippen LogP contribution in [0.4, 0.5) is 0 Å². The molecule has 158 valence electrons. The fraction of sp³-hybridized carbons (Fsp3) is 0.304. The first-order valence-electron chi connectivity index (χ1n) is 10.4. The monoisotopic (exact) mass is 418 g/mol. The highest BCUT2D eigenvalue weighted by Crippen LogP contribution is 2.36. The average Bonchev–Trinajstić information content (AvgIpc) is 3.16. The fourth-order valence-corrected chi connectivity index (χ4v) is 4.65. The molecule has 2 aromatic carbocycles. The molecule has 0 saturated heterocycles. The van der Waals surface area contributed by atoms with Gasteiger partial charge in [-0.2, -0.15) is 0 Å². The number of nitrogens with one attached hydrogen (secondary N) is 1. The van der Waals surface area contributed by atoms with E-state index in [1.165, 1.54) is 18.2 Å². The van der Waals surface area contributed by atoms with Gasteiger partial charge < -0.3 is 9.67 Å². The van der Waals surface area contributed by atoms with Crippen molar-refractivity contribution in [1.82, 2.24) is 19.3 Å². The van der Waals surface area contributed by atoms with E-state index < -0.39 is 5.97 Å². The molecule has 1 aliphatic rings. The van der Waals surface area contributed by atoms with Gasteiger partial charge in [0.2, 0.25) is 0 Å². The van der Waals surface area contributed by atoms with Crippen LogP contribution in [0.2, 0.25) is 0 Å². The SMILES string of the molecule is Cn1[nH]c(=O)c2cc(-c3nc4cc(C(=O)O)ccc4n3C3CCCCC3)ccc2c1=O. The summed E-state index contributed by atoms with van der Waals surface area (Å²) in [7, 11) is 1.51. The molecule has 31 heavy (non-hydrogen) atoms. The van der Waals surface area contributed by atoms with Gasteiger partial charge in [-0.15, -0.1) is 0 Å². The standard InChI is InChI=1S/C23H22N4O4/c1-26-22(29)16-9-7-13(11-17(16)21(28)25-26)20-24-18-12-14(23(30)31)8-10-19(18)27(20)15-5-3-2-4-6-15/h7-12,15H,2-6H2,1H3,(H,25,28)(H,30,31). The summed E-state index contributed by atoms with van der Waals surface area (Å²) in [4.78, 5) is 41.1. The van der Waals surface area contributed by atoms with Crippen molar-refractivity contribution in [2.75, 3.05) is 0 Å². The van der Waals surface area contributed by atoms with Gasteiger partial charge in [0.15, 0.2) is 0 Å². The van der Waals surface area contributed by atoms with Gasteiger partial charge in [0.25, 0.3) is 11.1 Å². The first kappa shape index (κ1) is 19.3. The van der Waals surface area contributed by atoms with Crippen LogP contribution in [0.3, 0.4) is 0 Å². The maximum Gasteiger partial charge on any atom is 0.335 e. The molecule has 0 spiro atoms. The number of carboxylic acid groups (broad SMARTS) is 1. The molecule has 2 heterocycles. The number of rotatable bonds is 3. The molecule has 0 aliphatic heterocycles. The highest BCUT2D eigenvalue weighted by atomic mass is 16.4. The molecule has 0 unspecified atom stereocenters. The maximum atomic E-state index is 12.5.